The average Bonchev–Trinajstić information content (AvgIpc) is 2.37. The number of rotatable bonds is 7. The number of nitro groups is 1. The molecule has 2 N–H and O–H groups in total. The zero-order valence-corrected chi connectivity index (χ0v) is 10.9. The van der Waals surface area contributed by atoms with Gasteiger partial charge in [0.15, 0.2) is 11.5 Å². The van der Waals surface area contributed by atoms with Crippen LogP contribution in [0.2, 0.25) is 0 Å². The predicted octanol–water partition coefficient (Wildman–Crippen LogP) is -0.102. The van der Waals surface area contributed by atoms with Crippen molar-refractivity contribution in [3.8, 4) is 5.75 Å². The van der Waals surface area contributed by atoms with Gasteiger partial charge in [-0.05, 0) is 12.1 Å². The second kappa shape index (κ2) is 6.27. The first-order valence-electron chi connectivity index (χ1n) is 4.95. The Bertz CT molecular complexity index is 627. The smallest absolute Gasteiger partial charge is 0.331 e. The van der Waals surface area contributed by atoms with Crippen molar-refractivity contribution in [2.24, 2.45) is 0 Å². The highest BCUT2D eigenvalue weighted by Gasteiger charge is 2.27. The van der Waals surface area contributed by atoms with E-state index in [2.05, 4.69) is 4.84 Å². The van der Waals surface area contributed by atoms with Crippen LogP contribution in [0.15, 0.2) is 23.1 Å². The summed E-state index contributed by atoms with van der Waals surface area (Å²) in [6.07, 6.45) is 0. The third-order valence-corrected chi connectivity index (χ3v) is 3.28. The second-order valence-electron chi connectivity index (χ2n) is 3.36. The number of carboxylic acids is 1. The number of ether oxygens (including phenoxy) is 1. The molecule has 11 heteroatoms. The molecule has 0 saturated heterocycles. The van der Waals surface area contributed by atoms with Gasteiger partial charge in [-0.1, -0.05) is 4.89 Å². The molecule has 0 bridgehead atoms. The van der Waals surface area contributed by atoms with E-state index < -0.39 is 38.1 Å². The van der Waals surface area contributed by atoms with Gasteiger partial charge in [0.1, 0.15) is 5.75 Å². The lowest BCUT2D eigenvalue weighted by Gasteiger charge is -2.07. The molecular formula is C9H10N2O8S. The Morgan fingerprint density at radius 3 is 2.65 bits per heavy atom. The topological polar surface area (TPSA) is 145 Å². The summed E-state index contributed by atoms with van der Waals surface area (Å²) in [5.41, 5.74) is -0.726. The zero-order chi connectivity index (χ0) is 15.3. The van der Waals surface area contributed by atoms with Crippen molar-refractivity contribution < 1.29 is 32.8 Å². The highest BCUT2D eigenvalue weighted by atomic mass is 32.2. The van der Waals surface area contributed by atoms with Gasteiger partial charge in [-0.2, -0.15) is 0 Å². The fraction of sp³-hybridized carbons (Fsp3) is 0.222. The normalized spacial score (nSPS) is 11.1. The molecule has 110 valence electrons. The number of nitro benzene ring substituents is 1. The number of nitrogens with zero attached hydrogens (tertiary/aromatic N) is 1. The zero-order valence-electron chi connectivity index (χ0n) is 10.1. The largest absolute Gasteiger partial charge is 0.497 e. The summed E-state index contributed by atoms with van der Waals surface area (Å²) in [6.45, 7) is -0.927. The molecule has 0 aromatic heterocycles. The van der Waals surface area contributed by atoms with Crippen molar-refractivity contribution in [2.75, 3.05) is 13.7 Å². The van der Waals surface area contributed by atoms with Crippen LogP contribution >= 0.6 is 0 Å². The third-order valence-electron chi connectivity index (χ3n) is 2.02. The maximum absolute atomic E-state index is 11.8. The van der Waals surface area contributed by atoms with Gasteiger partial charge in [0.05, 0.1) is 18.1 Å². The first-order valence-corrected chi connectivity index (χ1v) is 6.44. The van der Waals surface area contributed by atoms with E-state index in [1.807, 2.05) is 0 Å². The SMILES string of the molecule is COc1ccc(S(=O)(=O)NOCC(=O)O)c([N+](=O)[O-])c1. The molecule has 1 rings (SSSR count). The van der Waals surface area contributed by atoms with Crippen LogP contribution < -0.4 is 9.62 Å². The van der Waals surface area contributed by atoms with E-state index in [9.17, 15) is 23.3 Å². The number of hydrogen-bond donors (Lipinski definition) is 2. The maximum Gasteiger partial charge on any atom is 0.331 e. The van der Waals surface area contributed by atoms with Gasteiger partial charge in [0, 0.05) is 0 Å². The van der Waals surface area contributed by atoms with Crippen LogP contribution in [-0.2, 0) is 19.7 Å². The van der Waals surface area contributed by atoms with E-state index in [1.165, 1.54) is 18.1 Å². The lowest BCUT2D eigenvalue weighted by molar-refractivity contribution is -0.387. The van der Waals surface area contributed by atoms with Crippen molar-refractivity contribution in [3.63, 3.8) is 0 Å². The number of benzene rings is 1. The van der Waals surface area contributed by atoms with Crippen LogP contribution in [0, 0.1) is 10.1 Å². The Kier molecular flexibility index (Phi) is 4.96. The first kappa shape index (κ1) is 15.8. The van der Waals surface area contributed by atoms with Crippen molar-refractivity contribution in [2.45, 2.75) is 4.90 Å². The Balaban J connectivity index is 3.11. The standard InChI is InChI=1S/C9H10N2O8S/c1-18-6-2-3-8(7(4-6)11(14)15)20(16,17)10-19-5-9(12)13/h2-4,10H,5H2,1H3,(H,12,13). The number of sulfonamides is 1. The van der Waals surface area contributed by atoms with Crippen molar-refractivity contribution in [1.29, 1.82) is 0 Å². The highest BCUT2D eigenvalue weighted by Crippen LogP contribution is 2.28. The molecule has 0 radical (unpaired) electrons. The number of nitrogens with one attached hydrogen (secondary N) is 1. The summed E-state index contributed by atoms with van der Waals surface area (Å²) in [5, 5.41) is 19.1. The molecule has 0 amide bonds. The number of methoxy groups -OCH3 is 1. The third kappa shape index (κ3) is 3.88. The second-order valence-corrected chi connectivity index (χ2v) is 4.97. The summed E-state index contributed by atoms with van der Waals surface area (Å²) < 4.78 is 28.3. The van der Waals surface area contributed by atoms with E-state index in [0.717, 1.165) is 12.1 Å². The van der Waals surface area contributed by atoms with Crippen molar-refractivity contribution in [3.05, 3.63) is 28.3 Å². The van der Waals surface area contributed by atoms with Gasteiger partial charge in [0.25, 0.3) is 15.7 Å². The summed E-state index contributed by atoms with van der Waals surface area (Å²) >= 11 is 0. The molecule has 0 unspecified atom stereocenters. The molecule has 1 aromatic rings. The lowest BCUT2D eigenvalue weighted by Crippen LogP contribution is -2.27. The molecule has 0 aliphatic rings. The maximum atomic E-state index is 11.8. The lowest BCUT2D eigenvalue weighted by atomic mass is 10.3. The van der Waals surface area contributed by atoms with E-state index in [0.29, 0.717) is 0 Å². The van der Waals surface area contributed by atoms with Crippen molar-refractivity contribution >= 4 is 21.7 Å². The number of carbonyl (C=O) groups is 1. The quantitative estimate of drug-likeness (QED) is 0.524. The van der Waals surface area contributed by atoms with Gasteiger partial charge in [-0.15, -0.1) is 0 Å². The van der Waals surface area contributed by atoms with E-state index >= 15 is 0 Å². The average molecular weight is 306 g/mol. The van der Waals surface area contributed by atoms with Crippen LogP contribution in [-0.4, -0.2) is 38.1 Å². The van der Waals surface area contributed by atoms with Crippen LogP contribution in [0.4, 0.5) is 5.69 Å². The molecule has 20 heavy (non-hydrogen) atoms. The van der Waals surface area contributed by atoms with Crippen LogP contribution in [0.1, 0.15) is 0 Å². The first-order chi connectivity index (χ1) is 9.27. The van der Waals surface area contributed by atoms with E-state index in [-0.39, 0.29) is 5.75 Å². The van der Waals surface area contributed by atoms with Crippen LogP contribution in [0.25, 0.3) is 0 Å². The minimum absolute atomic E-state index is 0.0992. The molecule has 0 heterocycles. The van der Waals surface area contributed by atoms with Gasteiger partial charge >= 0.3 is 5.97 Å². The molecule has 0 aliphatic heterocycles. The Labute approximate surface area is 113 Å². The minimum Gasteiger partial charge on any atom is -0.497 e. The molecular weight excluding hydrogens is 296 g/mol. The van der Waals surface area contributed by atoms with Crippen LogP contribution in [0.5, 0.6) is 5.75 Å². The monoisotopic (exact) mass is 306 g/mol. The summed E-state index contributed by atoms with van der Waals surface area (Å²) in [6, 6.07) is 3.08. The Morgan fingerprint density at radius 2 is 2.15 bits per heavy atom. The van der Waals surface area contributed by atoms with E-state index in [1.54, 1.807) is 0 Å². The number of hydrogen-bond acceptors (Lipinski definition) is 7. The van der Waals surface area contributed by atoms with Gasteiger partial charge < -0.3 is 9.84 Å². The van der Waals surface area contributed by atoms with E-state index in [4.69, 9.17) is 9.84 Å². The summed E-state index contributed by atoms with van der Waals surface area (Å²) in [7, 11) is -3.12. The molecule has 0 spiro atoms. The summed E-state index contributed by atoms with van der Waals surface area (Å²) in [5.74, 6) is -1.31. The predicted molar refractivity (Wildman–Crippen MR) is 63.6 cm³/mol. The molecule has 1 aromatic carbocycles. The molecule has 0 saturated carbocycles. The summed E-state index contributed by atoms with van der Waals surface area (Å²) in [4.78, 5) is 25.2. The van der Waals surface area contributed by atoms with Crippen molar-refractivity contribution in [1.82, 2.24) is 4.89 Å². The highest BCUT2D eigenvalue weighted by molar-refractivity contribution is 7.89. The molecule has 0 atom stereocenters. The number of carboxylic acid groups (broad SMARTS) is 1. The Hall–Kier alpha value is -2.24. The fourth-order valence-corrected chi connectivity index (χ4v) is 2.17. The van der Waals surface area contributed by atoms with Gasteiger partial charge in [-0.25, -0.2) is 13.2 Å². The van der Waals surface area contributed by atoms with Crippen LogP contribution in [0.3, 0.4) is 0 Å². The molecule has 10 nitrogen and oxygen atoms in total. The Morgan fingerprint density at radius 1 is 1.50 bits per heavy atom. The molecule has 0 aliphatic carbocycles. The molecule has 0 fully saturated rings. The van der Waals surface area contributed by atoms with Gasteiger partial charge in [-0.3, -0.25) is 15.0 Å². The number of aliphatic carboxylic acids is 1. The minimum atomic E-state index is -4.39. The fourth-order valence-electron chi connectivity index (χ4n) is 1.21. The van der Waals surface area contributed by atoms with Gasteiger partial charge in [0.2, 0.25) is 0 Å².